The van der Waals surface area contributed by atoms with Crippen molar-refractivity contribution in [3.8, 4) is 0 Å². The number of carbonyl (C=O) groups excluding carboxylic acids is 1. The molecule has 0 unspecified atom stereocenters. The first-order valence-corrected chi connectivity index (χ1v) is 5.48. The van der Waals surface area contributed by atoms with Gasteiger partial charge in [0.2, 0.25) is 5.91 Å². The Kier molecular flexibility index (Phi) is 3.89. The van der Waals surface area contributed by atoms with E-state index in [1.54, 1.807) is 6.92 Å². The molecule has 0 bridgehead atoms. The number of hydrogen-bond donors (Lipinski definition) is 0. The third-order valence-corrected chi connectivity index (χ3v) is 2.73. The molecule has 0 saturated carbocycles. The highest BCUT2D eigenvalue weighted by Crippen LogP contribution is 2.24. The molecule has 0 aromatic heterocycles. The molecule has 0 N–H and O–H groups in total. The summed E-state index contributed by atoms with van der Waals surface area (Å²) in [5.74, 6) is 0.109. The molecule has 1 amide bonds. The maximum Gasteiger partial charge on any atom is 0.223 e. The van der Waals surface area contributed by atoms with Crippen molar-refractivity contribution in [2.75, 3.05) is 11.4 Å². The van der Waals surface area contributed by atoms with Crippen LogP contribution < -0.4 is 4.90 Å². The Morgan fingerprint density at radius 2 is 2.00 bits per heavy atom. The number of aryl methyl sites for hydroxylation is 1. The highest BCUT2D eigenvalue weighted by atomic mass is 16.2. The van der Waals surface area contributed by atoms with E-state index in [1.807, 2.05) is 24.0 Å². The molecule has 0 heterocycles. The van der Waals surface area contributed by atoms with Crippen LogP contribution in [0.1, 0.15) is 31.9 Å². The zero-order chi connectivity index (χ0) is 11.4. The van der Waals surface area contributed by atoms with Gasteiger partial charge in [-0.05, 0) is 37.5 Å². The molecule has 2 nitrogen and oxygen atoms in total. The van der Waals surface area contributed by atoms with Crippen molar-refractivity contribution in [2.24, 2.45) is 0 Å². The normalized spacial score (nSPS) is 10.1. The third-order valence-electron chi connectivity index (χ3n) is 2.73. The Morgan fingerprint density at radius 3 is 2.47 bits per heavy atom. The lowest BCUT2D eigenvalue weighted by Gasteiger charge is -2.23. The van der Waals surface area contributed by atoms with Crippen molar-refractivity contribution >= 4 is 11.6 Å². The van der Waals surface area contributed by atoms with E-state index in [-0.39, 0.29) is 5.91 Å². The molecule has 15 heavy (non-hydrogen) atoms. The highest BCUT2D eigenvalue weighted by Gasteiger charge is 2.13. The van der Waals surface area contributed by atoms with E-state index in [9.17, 15) is 4.79 Å². The van der Waals surface area contributed by atoms with Crippen LogP contribution in [0.5, 0.6) is 0 Å². The van der Waals surface area contributed by atoms with Gasteiger partial charge in [0.05, 0.1) is 0 Å². The molecule has 1 aromatic carbocycles. The quantitative estimate of drug-likeness (QED) is 0.743. The Hall–Kier alpha value is -1.31. The molecule has 0 spiro atoms. The van der Waals surface area contributed by atoms with Crippen LogP contribution in [-0.4, -0.2) is 12.5 Å². The monoisotopic (exact) mass is 205 g/mol. The molecule has 0 radical (unpaired) electrons. The van der Waals surface area contributed by atoms with Gasteiger partial charge in [-0.1, -0.05) is 19.1 Å². The third kappa shape index (κ3) is 2.38. The average molecular weight is 205 g/mol. The summed E-state index contributed by atoms with van der Waals surface area (Å²) in [6.45, 7) is 8.57. The fourth-order valence-corrected chi connectivity index (χ4v) is 1.96. The summed E-state index contributed by atoms with van der Waals surface area (Å²) in [5.41, 5.74) is 3.59. The zero-order valence-corrected chi connectivity index (χ0v) is 10.0. The van der Waals surface area contributed by atoms with Crippen LogP contribution in [0.2, 0.25) is 0 Å². The van der Waals surface area contributed by atoms with Crippen LogP contribution in [0.3, 0.4) is 0 Å². The molecule has 2 heteroatoms. The van der Waals surface area contributed by atoms with Crippen LogP contribution >= 0.6 is 0 Å². The van der Waals surface area contributed by atoms with E-state index in [0.29, 0.717) is 0 Å². The van der Waals surface area contributed by atoms with E-state index in [2.05, 4.69) is 19.9 Å². The summed E-state index contributed by atoms with van der Waals surface area (Å²) in [6, 6.07) is 6.13. The molecule has 0 aliphatic rings. The van der Waals surface area contributed by atoms with Crippen LogP contribution in [0.4, 0.5) is 5.69 Å². The van der Waals surface area contributed by atoms with Gasteiger partial charge in [0.25, 0.3) is 0 Å². The predicted octanol–water partition coefficient (Wildman–Crippen LogP) is 2.93. The topological polar surface area (TPSA) is 20.3 Å². The number of rotatable bonds is 3. The van der Waals surface area contributed by atoms with Crippen molar-refractivity contribution in [3.05, 3.63) is 29.3 Å². The van der Waals surface area contributed by atoms with Gasteiger partial charge in [0.1, 0.15) is 0 Å². The molecule has 0 aliphatic heterocycles. The van der Waals surface area contributed by atoms with Crippen molar-refractivity contribution in [3.63, 3.8) is 0 Å². The van der Waals surface area contributed by atoms with Crippen LogP contribution in [0.15, 0.2) is 18.2 Å². The first-order valence-electron chi connectivity index (χ1n) is 5.48. The lowest BCUT2D eigenvalue weighted by Crippen LogP contribution is -2.29. The fourth-order valence-electron chi connectivity index (χ4n) is 1.96. The molecule has 0 fully saturated rings. The van der Waals surface area contributed by atoms with Crippen molar-refractivity contribution in [2.45, 2.75) is 34.1 Å². The van der Waals surface area contributed by atoms with Gasteiger partial charge >= 0.3 is 0 Å². The number of amides is 1. The Balaban J connectivity index is 3.22. The van der Waals surface area contributed by atoms with Gasteiger partial charge in [-0.2, -0.15) is 0 Å². The minimum Gasteiger partial charge on any atom is -0.313 e. The van der Waals surface area contributed by atoms with Gasteiger partial charge in [0, 0.05) is 19.2 Å². The SMILES string of the molecule is CCc1c(C)cccc1N(CC)C(C)=O. The molecule has 0 atom stereocenters. The highest BCUT2D eigenvalue weighted by molar-refractivity contribution is 5.92. The largest absolute Gasteiger partial charge is 0.313 e. The molecule has 1 aromatic rings. The summed E-state index contributed by atoms with van der Waals surface area (Å²) in [6.07, 6.45) is 0.964. The second kappa shape index (κ2) is 4.96. The minimum absolute atomic E-state index is 0.109. The van der Waals surface area contributed by atoms with Gasteiger partial charge in [-0.15, -0.1) is 0 Å². The Morgan fingerprint density at radius 1 is 1.33 bits per heavy atom. The first-order chi connectivity index (χ1) is 7.11. The Bertz CT molecular complexity index is 358. The van der Waals surface area contributed by atoms with Gasteiger partial charge in [-0.25, -0.2) is 0 Å². The first kappa shape index (κ1) is 11.8. The molecule has 1 rings (SSSR count). The lowest BCUT2D eigenvalue weighted by molar-refractivity contribution is -0.116. The van der Waals surface area contributed by atoms with E-state index in [0.717, 1.165) is 18.7 Å². The number of benzene rings is 1. The maximum atomic E-state index is 11.5. The standard InChI is InChI=1S/C13H19NO/c1-5-12-10(3)8-7-9-13(12)14(6-2)11(4)15/h7-9H,5-6H2,1-4H3. The van der Waals surface area contributed by atoms with Crippen LogP contribution in [0.25, 0.3) is 0 Å². The van der Waals surface area contributed by atoms with Gasteiger partial charge in [-0.3, -0.25) is 4.79 Å². The summed E-state index contributed by atoms with van der Waals surface area (Å²) in [5, 5.41) is 0. The lowest BCUT2D eigenvalue weighted by atomic mass is 10.0. The van der Waals surface area contributed by atoms with Gasteiger partial charge in [0.15, 0.2) is 0 Å². The summed E-state index contributed by atoms with van der Waals surface area (Å²) in [4.78, 5) is 13.3. The molecule has 0 saturated heterocycles. The second-order valence-electron chi connectivity index (χ2n) is 3.69. The number of nitrogens with zero attached hydrogens (tertiary/aromatic N) is 1. The van der Waals surface area contributed by atoms with E-state index in [1.165, 1.54) is 11.1 Å². The number of hydrogen-bond acceptors (Lipinski definition) is 1. The summed E-state index contributed by atoms with van der Waals surface area (Å²) in [7, 11) is 0. The number of anilines is 1. The fraction of sp³-hybridized carbons (Fsp3) is 0.462. The number of carbonyl (C=O) groups is 1. The molecular formula is C13H19NO. The van der Waals surface area contributed by atoms with Crippen LogP contribution in [0, 0.1) is 6.92 Å². The zero-order valence-electron chi connectivity index (χ0n) is 10.0. The van der Waals surface area contributed by atoms with E-state index < -0.39 is 0 Å². The second-order valence-corrected chi connectivity index (χ2v) is 3.69. The Labute approximate surface area is 91.9 Å². The van der Waals surface area contributed by atoms with Crippen LogP contribution in [-0.2, 0) is 11.2 Å². The maximum absolute atomic E-state index is 11.5. The predicted molar refractivity (Wildman–Crippen MR) is 64.3 cm³/mol. The summed E-state index contributed by atoms with van der Waals surface area (Å²) >= 11 is 0. The van der Waals surface area contributed by atoms with E-state index in [4.69, 9.17) is 0 Å². The van der Waals surface area contributed by atoms with E-state index >= 15 is 0 Å². The van der Waals surface area contributed by atoms with Crippen molar-refractivity contribution in [1.29, 1.82) is 0 Å². The average Bonchev–Trinajstić information content (AvgIpc) is 2.18. The molecular weight excluding hydrogens is 186 g/mol. The van der Waals surface area contributed by atoms with Gasteiger partial charge < -0.3 is 4.90 Å². The summed E-state index contributed by atoms with van der Waals surface area (Å²) < 4.78 is 0. The smallest absolute Gasteiger partial charge is 0.223 e. The minimum atomic E-state index is 0.109. The van der Waals surface area contributed by atoms with Crippen molar-refractivity contribution in [1.82, 2.24) is 0 Å². The molecule has 82 valence electrons. The molecule has 0 aliphatic carbocycles. The van der Waals surface area contributed by atoms with Crippen molar-refractivity contribution < 1.29 is 4.79 Å².